The molecule has 86 valence electrons. The molecule has 0 N–H and O–H groups in total. The quantitative estimate of drug-likeness (QED) is 0.405. The molecule has 1 fully saturated rings. The average Bonchev–Trinajstić information content (AvgIpc) is 2.29. The van der Waals surface area contributed by atoms with Crippen molar-refractivity contribution in [1.29, 1.82) is 0 Å². The van der Waals surface area contributed by atoms with Gasteiger partial charge in [-0.1, -0.05) is 6.08 Å². The van der Waals surface area contributed by atoms with Gasteiger partial charge < -0.3 is 0 Å². The Morgan fingerprint density at radius 2 is 2.00 bits per heavy atom. The van der Waals surface area contributed by atoms with Crippen LogP contribution in [0.25, 0.3) is 0 Å². The molecule has 0 aromatic heterocycles. The highest BCUT2D eigenvalue weighted by molar-refractivity contribution is 5.35. The minimum Gasteiger partial charge on any atom is -0.211 e. The summed E-state index contributed by atoms with van der Waals surface area (Å²) < 4.78 is 0. The van der Waals surface area contributed by atoms with E-state index < -0.39 is 0 Å². The molecule has 0 aromatic rings. The standard InChI is InChI=1S/C12H16N2O2/c1-2-5-12(14-10-16)6-3-11(4-7-12)8-13-9-15/h2,11H,1,3-8H2. The van der Waals surface area contributed by atoms with Crippen molar-refractivity contribution in [3.8, 4) is 0 Å². The molecule has 0 heterocycles. The van der Waals surface area contributed by atoms with E-state index in [4.69, 9.17) is 0 Å². The fourth-order valence-corrected chi connectivity index (χ4v) is 2.29. The Morgan fingerprint density at radius 3 is 2.50 bits per heavy atom. The van der Waals surface area contributed by atoms with Crippen LogP contribution in [-0.4, -0.2) is 24.2 Å². The fourth-order valence-electron chi connectivity index (χ4n) is 2.29. The molecule has 0 spiro atoms. The highest BCUT2D eigenvalue weighted by Crippen LogP contribution is 2.37. The maximum absolute atomic E-state index is 10.4. The molecule has 1 aliphatic rings. The zero-order valence-corrected chi connectivity index (χ0v) is 9.32. The van der Waals surface area contributed by atoms with Crippen LogP contribution in [0.2, 0.25) is 0 Å². The Labute approximate surface area is 95.2 Å². The van der Waals surface area contributed by atoms with Gasteiger partial charge in [0.15, 0.2) is 0 Å². The van der Waals surface area contributed by atoms with Crippen molar-refractivity contribution in [2.45, 2.75) is 37.6 Å². The molecule has 0 radical (unpaired) electrons. The lowest BCUT2D eigenvalue weighted by Gasteiger charge is -2.34. The first-order chi connectivity index (χ1) is 7.76. The molecule has 4 heteroatoms. The zero-order chi connectivity index (χ0) is 11.9. The van der Waals surface area contributed by atoms with E-state index in [1.807, 2.05) is 0 Å². The van der Waals surface area contributed by atoms with Crippen molar-refractivity contribution >= 4 is 12.2 Å². The predicted molar refractivity (Wildman–Crippen MR) is 60.6 cm³/mol. The van der Waals surface area contributed by atoms with E-state index in [1.165, 1.54) is 0 Å². The number of hydrogen-bond donors (Lipinski definition) is 0. The van der Waals surface area contributed by atoms with Crippen LogP contribution in [0.4, 0.5) is 0 Å². The second-order valence-corrected chi connectivity index (χ2v) is 4.30. The third-order valence-electron chi connectivity index (χ3n) is 3.26. The van der Waals surface area contributed by atoms with Crippen LogP contribution in [0, 0.1) is 5.92 Å². The summed E-state index contributed by atoms with van der Waals surface area (Å²) in [6.45, 7) is 4.23. The van der Waals surface area contributed by atoms with Gasteiger partial charge >= 0.3 is 0 Å². The molecule has 0 aromatic carbocycles. The van der Waals surface area contributed by atoms with Crippen LogP contribution < -0.4 is 0 Å². The summed E-state index contributed by atoms with van der Waals surface area (Å²) in [4.78, 5) is 28.0. The van der Waals surface area contributed by atoms with E-state index in [0.29, 0.717) is 18.9 Å². The predicted octanol–water partition coefficient (Wildman–Crippen LogP) is 2.16. The molecule has 16 heavy (non-hydrogen) atoms. The number of aliphatic imine (C=N–C) groups is 2. The molecule has 0 aliphatic heterocycles. The summed E-state index contributed by atoms with van der Waals surface area (Å²) >= 11 is 0. The lowest BCUT2D eigenvalue weighted by atomic mass is 9.75. The molecule has 0 amide bonds. The van der Waals surface area contributed by atoms with Crippen LogP contribution in [0.15, 0.2) is 22.6 Å². The molecule has 1 saturated carbocycles. The molecule has 1 aliphatic carbocycles. The van der Waals surface area contributed by atoms with E-state index in [2.05, 4.69) is 16.6 Å². The van der Waals surface area contributed by atoms with Crippen molar-refractivity contribution in [2.24, 2.45) is 15.9 Å². The van der Waals surface area contributed by atoms with Crippen LogP contribution in [0.3, 0.4) is 0 Å². The Hall–Kier alpha value is -1.50. The van der Waals surface area contributed by atoms with Gasteiger partial charge in [-0.05, 0) is 38.0 Å². The molecular formula is C12H16N2O2. The third kappa shape index (κ3) is 3.27. The third-order valence-corrected chi connectivity index (χ3v) is 3.26. The Kier molecular flexibility index (Phi) is 4.84. The monoisotopic (exact) mass is 220 g/mol. The number of hydrogen-bond acceptors (Lipinski definition) is 4. The van der Waals surface area contributed by atoms with Crippen LogP contribution in [0.5, 0.6) is 0 Å². The minimum atomic E-state index is -0.301. The van der Waals surface area contributed by atoms with Crippen molar-refractivity contribution in [1.82, 2.24) is 0 Å². The number of carbonyl (C=O) groups excluding carboxylic acids is 2. The van der Waals surface area contributed by atoms with Crippen molar-refractivity contribution < 1.29 is 9.59 Å². The van der Waals surface area contributed by atoms with Crippen molar-refractivity contribution in [3.63, 3.8) is 0 Å². The normalized spacial score (nSPS) is 28.6. The van der Waals surface area contributed by atoms with Gasteiger partial charge in [-0.25, -0.2) is 14.6 Å². The van der Waals surface area contributed by atoms with Gasteiger partial charge in [0.1, 0.15) is 0 Å². The number of rotatable bonds is 5. The van der Waals surface area contributed by atoms with Gasteiger partial charge in [0, 0.05) is 0 Å². The first-order valence-corrected chi connectivity index (χ1v) is 5.50. The summed E-state index contributed by atoms with van der Waals surface area (Å²) in [7, 11) is 0. The van der Waals surface area contributed by atoms with Gasteiger partial charge in [0.25, 0.3) is 0 Å². The van der Waals surface area contributed by atoms with E-state index in [1.54, 1.807) is 18.2 Å². The Balaban J connectivity index is 2.58. The largest absolute Gasteiger partial charge is 0.235 e. The molecule has 0 saturated heterocycles. The molecule has 0 unspecified atom stereocenters. The highest BCUT2D eigenvalue weighted by Gasteiger charge is 2.34. The van der Waals surface area contributed by atoms with E-state index in [0.717, 1.165) is 25.7 Å². The molecule has 4 nitrogen and oxygen atoms in total. The number of isocyanates is 2. The van der Waals surface area contributed by atoms with Crippen LogP contribution in [-0.2, 0) is 9.59 Å². The molecule has 0 atom stereocenters. The molecule has 1 rings (SSSR count). The van der Waals surface area contributed by atoms with Gasteiger partial charge in [0.05, 0.1) is 12.1 Å². The van der Waals surface area contributed by atoms with Gasteiger partial charge in [-0.15, -0.1) is 6.58 Å². The van der Waals surface area contributed by atoms with Crippen molar-refractivity contribution in [2.75, 3.05) is 6.54 Å². The van der Waals surface area contributed by atoms with Gasteiger partial charge in [-0.2, -0.15) is 4.99 Å². The maximum Gasteiger partial charge on any atom is 0.235 e. The molecular weight excluding hydrogens is 204 g/mol. The number of nitrogens with zero attached hydrogens (tertiary/aromatic N) is 2. The Bertz CT molecular complexity index is 331. The maximum atomic E-state index is 10.4. The topological polar surface area (TPSA) is 58.9 Å². The fraction of sp³-hybridized carbons (Fsp3) is 0.667. The van der Waals surface area contributed by atoms with Gasteiger partial charge in [-0.3, -0.25) is 0 Å². The lowest BCUT2D eigenvalue weighted by molar-refractivity contribution is 0.241. The van der Waals surface area contributed by atoms with Gasteiger partial charge in [0.2, 0.25) is 12.2 Å². The zero-order valence-electron chi connectivity index (χ0n) is 9.32. The van der Waals surface area contributed by atoms with Crippen molar-refractivity contribution in [3.05, 3.63) is 12.7 Å². The van der Waals surface area contributed by atoms with E-state index in [-0.39, 0.29) is 5.54 Å². The first-order valence-electron chi connectivity index (χ1n) is 5.50. The highest BCUT2D eigenvalue weighted by atomic mass is 16.1. The van der Waals surface area contributed by atoms with Crippen LogP contribution in [0.1, 0.15) is 32.1 Å². The Morgan fingerprint density at radius 1 is 1.31 bits per heavy atom. The second kappa shape index (κ2) is 6.16. The summed E-state index contributed by atoms with van der Waals surface area (Å²) in [5.74, 6) is 0.418. The molecule has 0 bridgehead atoms. The summed E-state index contributed by atoms with van der Waals surface area (Å²) in [5, 5.41) is 0. The van der Waals surface area contributed by atoms with Crippen LogP contribution >= 0.6 is 0 Å². The average molecular weight is 220 g/mol. The summed E-state index contributed by atoms with van der Waals surface area (Å²) in [6.07, 6.45) is 9.28. The summed E-state index contributed by atoms with van der Waals surface area (Å²) in [5.41, 5.74) is -0.301. The second-order valence-electron chi connectivity index (χ2n) is 4.30. The van der Waals surface area contributed by atoms with E-state index >= 15 is 0 Å². The lowest BCUT2D eigenvalue weighted by Crippen LogP contribution is -2.32. The van der Waals surface area contributed by atoms with E-state index in [9.17, 15) is 9.59 Å². The smallest absolute Gasteiger partial charge is 0.211 e. The summed E-state index contributed by atoms with van der Waals surface area (Å²) in [6, 6.07) is 0. The minimum absolute atomic E-state index is 0.301. The SMILES string of the molecule is C=CCC1(N=C=O)CCC(CN=C=O)CC1. The first kappa shape index (κ1) is 12.6.